The number of amidine groups is 1. The van der Waals surface area contributed by atoms with Crippen LogP contribution < -0.4 is 10.2 Å². The number of aliphatic imine (C=N–C) groups is 1. The molecule has 0 aliphatic carbocycles. The quantitative estimate of drug-likeness (QED) is 0.249. The lowest BCUT2D eigenvalue weighted by molar-refractivity contribution is -0.132. The smallest absolute Gasteiger partial charge is 0.387 e. The molecule has 2 heterocycles. The molecule has 0 spiro atoms. The molecule has 0 bridgehead atoms. The highest BCUT2D eigenvalue weighted by molar-refractivity contribution is 5.77. The number of carbonyl (C=O) groups is 1. The van der Waals surface area contributed by atoms with E-state index in [-0.39, 0.29) is 36.0 Å². The normalized spacial score (nSPS) is 17.3. The van der Waals surface area contributed by atoms with Crippen molar-refractivity contribution < 1.29 is 36.7 Å². The van der Waals surface area contributed by atoms with Gasteiger partial charge in [-0.1, -0.05) is 18.2 Å². The van der Waals surface area contributed by atoms with Gasteiger partial charge in [0.25, 0.3) is 0 Å². The van der Waals surface area contributed by atoms with Crippen LogP contribution in [0.3, 0.4) is 0 Å². The lowest BCUT2D eigenvalue weighted by Gasteiger charge is -2.26. The molecule has 1 N–H and O–H groups in total. The number of nitrogens with one attached hydrogen (secondary N) is 1. The fraction of sp³-hybridized carbons (Fsp3) is 0.136. The molecule has 0 saturated carbocycles. The zero-order valence-corrected chi connectivity index (χ0v) is 16.7. The number of nitrogens with zero attached hydrogens (tertiary/aromatic N) is 2. The van der Waals surface area contributed by atoms with E-state index in [2.05, 4.69) is 25.0 Å². The third kappa shape index (κ3) is 4.43. The summed E-state index contributed by atoms with van der Waals surface area (Å²) in [5, 5.41) is 0. The fourth-order valence-electron chi connectivity index (χ4n) is 3.53. The summed E-state index contributed by atoms with van der Waals surface area (Å²) in [4.78, 5) is 23.0. The first kappa shape index (κ1) is 22.1. The van der Waals surface area contributed by atoms with Gasteiger partial charge in [0.2, 0.25) is 5.95 Å². The number of aromatic nitrogens is 1. The molecular formula is C22H15F4N3O4. The number of hydrogen-bond donors (Lipinski definition) is 1. The second-order valence-corrected chi connectivity index (χ2v) is 6.82. The minimum Gasteiger partial charge on any atom is -0.460 e. The first-order valence-corrected chi connectivity index (χ1v) is 9.47. The number of halogens is 4. The average Bonchev–Trinajstić information content (AvgIpc) is 3.23. The Balaban J connectivity index is 1.84. The number of carbonyl (C=O) groups excluding carboxylic acids is 1. The minimum absolute atomic E-state index is 0.0316. The number of rotatable bonds is 7. The van der Waals surface area contributed by atoms with Crippen molar-refractivity contribution in [2.45, 2.75) is 12.2 Å². The Morgan fingerprint density at radius 3 is 2.70 bits per heavy atom. The molecule has 1 aliphatic heterocycles. The van der Waals surface area contributed by atoms with Gasteiger partial charge in [0.05, 0.1) is 0 Å². The highest BCUT2D eigenvalue weighted by Crippen LogP contribution is 2.41. The zero-order chi connectivity index (χ0) is 23.4. The van der Waals surface area contributed by atoms with E-state index >= 15 is 4.39 Å². The molecule has 0 fully saturated rings. The summed E-state index contributed by atoms with van der Waals surface area (Å²) in [7, 11) is 0. The van der Waals surface area contributed by atoms with Gasteiger partial charge in [-0.05, 0) is 41.5 Å². The Kier molecular flexibility index (Phi) is 6.11. The van der Waals surface area contributed by atoms with Crippen molar-refractivity contribution in [3.63, 3.8) is 0 Å². The molecule has 0 saturated heterocycles. The van der Waals surface area contributed by atoms with Crippen LogP contribution in [0.5, 0.6) is 5.75 Å². The van der Waals surface area contributed by atoms with Gasteiger partial charge >= 0.3 is 19.1 Å². The van der Waals surface area contributed by atoms with Gasteiger partial charge in [0.1, 0.15) is 18.2 Å². The average molecular weight is 461 g/mol. The van der Waals surface area contributed by atoms with Crippen LogP contribution in [0, 0.1) is 11.8 Å². The monoisotopic (exact) mass is 461 g/mol. The van der Waals surface area contributed by atoms with Crippen LogP contribution in [0.1, 0.15) is 11.1 Å². The number of hydroxylamine groups is 1. The summed E-state index contributed by atoms with van der Waals surface area (Å²) in [6.45, 7) is -3.25. The van der Waals surface area contributed by atoms with Crippen LogP contribution in [0.4, 0.5) is 17.6 Å². The van der Waals surface area contributed by atoms with Gasteiger partial charge in [-0.3, -0.25) is 4.79 Å². The topological polar surface area (TPSA) is 82.0 Å². The molecule has 1 aromatic heterocycles. The van der Waals surface area contributed by atoms with E-state index in [1.54, 1.807) is 30.3 Å². The maximum absolute atomic E-state index is 15.1. The van der Waals surface area contributed by atoms with Crippen LogP contribution in [-0.4, -0.2) is 30.7 Å². The van der Waals surface area contributed by atoms with Crippen molar-refractivity contribution in [1.82, 2.24) is 10.5 Å². The highest BCUT2D eigenvalue weighted by atomic mass is 19.3. The molecule has 1 aliphatic rings. The van der Waals surface area contributed by atoms with Crippen molar-refractivity contribution in [1.29, 1.82) is 0 Å². The van der Waals surface area contributed by atoms with Crippen molar-refractivity contribution >= 4 is 12.5 Å². The van der Waals surface area contributed by atoms with E-state index in [1.807, 2.05) is 0 Å². The standard InChI is InChI=1S/C22H15F4N3O4/c23-18-10-15(33-20(25)26)6-7-17(18)22(11-31-21(28-22)29-32-12-30)14-4-1-3-13(9-14)16-5-2-8-27-19(16)24/h1-10,12,20H,11H2,(H,28,29). The number of alkyl halides is 2. The number of ether oxygens (including phenoxy) is 2. The summed E-state index contributed by atoms with van der Waals surface area (Å²) in [6, 6.07) is 12.6. The molecule has 7 nitrogen and oxygen atoms in total. The minimum atomic E-state index is -3.13. The lowest BCUT2D eigenvalue weighted by Crippen LogP contribution is -2.28. The van der Waals surface area contributed by atoms with Crippen LogP contribution in [0.25, 0.3) is 11.1 Å². The lowest BCUT2D eigenvalue weighted by atomic mass is 9.83. The van der Waals surface area contributed by atoms with Crippen LogP contribution in [0.2, 0.25) is 0 Å². The highest BCUT2D eigenvalue weighted by Gasteiger charge is 2.43. The molecule has 11 heteroatoms. The third-order valence-electron chi connectivity index (χ3n) is 4.93. The van der Waals surface area contributed by atoms with Crippen LogP contribution in [0.15, 0.2) is 65.8 Å². The van der Waals surface area contributed by atoms with E-state index in [0.29, 0.717) is 11.1 Å². The summed E-state index contributed by atoms with van der Waals surface area (Å²) in [5.74, 6) is -1.97. The van der Waals surface area contributed by atoms with Crippen molar-refractivity contribution in [2.75, 3.05) is 6.61 Å². The van der Waals surface area contributed by atoms with Crippen molar-refractivity contribution in [2.24, 2.45) is 4.99 Å². The van der Waals surface area contributed by atoms with Crippen molar-refractivity contribution in [3.05, 3.63) is 83.7 Å². The molecule has 4 rings (SSSR count). The maximum atomic E-state index is 15.1. The first-order chi connectivity index (χ1) is 15.9. The summed E-state index contributed by atoms with van der Waals surface area (Å²) in [5.41, 5.74) is 1.68. The Hall–Kier alpha value is -4.15. The van der Waals surface area contributed by atoms with E-state index in [9.17, 15) is 18.0 Å². The number of pyridine rings is 1. The zero-order valence-electron chi connectivity index (χ0n) is 16.7. The van der Waals surface area contributed by atoms with Crippen molar-refractivity contribution in [3.8, 4) is 16.9 Å². The first-order valence-electron chi connectivity index (χ1n) is 9.47. The van der Waals surface area contributed by atoms with E-state index in [1.165, 1.54) is 24.4 Å². The molecule has 170 valence electrons. The summed E-state index contributed by atoms with van der Waals surface area (Å²) < 4.78 is 64.1. The van der Waals surface area contributed by atoms with Gasteiger partial charge in [-0.15, -0.1) is 0 Å². The fourth-order valence-corrected chi connectivity index (χ4v) is 3.53. The molecule has 0 radical (unpaired) electrons. The SMILES string of the molecule is O=CONC1=NC(c2cccc(-c3cccnc3F)c2)(c2ccc(OC(F)F)cc2F)CO1. The second-order valence-electron chi connectivity index (χ2n) is 6.82. The van der Waals surface area contributed by atoms with Gasteiger partial charge in [-0.2, -0.15) is 18.7 Å². The van der Waals surface area contributed by atoms with Crippen LogP contribution in [-0.2, 0) is 19.9 Å². The van der Waals surface area contributed by atoms with Gasteiger partial charge < -0.3 is 14.3 Å². The Morgan fingerprint density at radius 1 is 1.12 bits per heavy atom. The summed E-state index contributed by atoms with van der Waals surface area (Å²) >= 11 is 0. The third-order valence-corrected chi connectivity index (χ3v) is 4.93. The molecule has 1 atom stereocenters. The molecular weight excluding hydrogens is 446 g/mol. The molecule has 1 unspecified atom stereocenters. The van der Waals surface area contributed by atoms with Gasteiger partial charge in [0.15, 0.2) is 5.54 Å². The second kappa shape index (κ2) is 9.15. The largest absolute Gasteiger partial charge is 0.460 e. The van der Waals surface area contributed by atoms with Gasteiger partial charge in [0, 0.05) is 23.4 Å². The molecule has 2 aromatic carbocycles. The van der Waals surface area contributed by atoms with E-state index in [4.69, 9.17) is 4.74 Å². The van der Waals surface area contributed by atoms with Gasteiger partial charge in [-0.25, -0.2) is 14.4 Å². The van der Waals surface area contributed by atoms with Crippen LogP contribution >= 0.6 is 0 Å². The Bertz CT molecular complexity index is 1210. The van der Waals surface area contributed by atoms with E-state index < -0.39 is 23.9 Å². The molecule has 3 aromatic rings. The van der Waals surface area contributed by atoms with E-state index in [0.717, 1.165) is 6.07 Å². The predicted molar refractivity (Wildman–Crippen MR) is 107 cm³/mol. The number of hydrogen-bond acceptors (Lipinski definition) is 7. The molecule has 0 amide bonds. The summed E-state index contributed by atoms with van der Waals surface area (Å²) in [6.07, 6.45) is 1.31. The number of benzene rings is 2. The maximum Gasteiger partial charge on any atom is 0.387 e. The Labute approximate surface area is 184 Å². The Morgan fingerprint density at radius 2 is 1.97 bits per heavy atom. The predicted octanol–water partition coefficient (Wildman–Crippen LogP) is 3.94. The molecule has 33 heavy (non-hydrogen) atoms.